The lowest BCUT2D eigenvalue weighted by Gasteiger charge is -2.29. The molecule has 0 saturated carbocycles. The number of rotatable bonds is 6. The second-order valence-corrected chi connectivity index (χ2v) is 8.79. The smallest absolute Gasteiger partial charge is 0.270 e. The van der Waals surface area contributed by atoms with E-state index in [2.05, 4.69) is 12.2 Å². The fourth-order valence-corrected chi connectivity index (χ4v) is 4.00. The van der Waals surface area contributed by atoms with Crippen molar-refractivity contribution < 1.29 is 14.3 Å². The van der Waals surface area contributed by atoms with Crippen LogP contribution in [0.5, 0.6) is 5.75 Å². The van der Waals surface area contributed by atoms with E-state index < -0.39 is 11.8 Å². The van der Waals surface area contributed by atoms with Crippen LogP contribution < -0.4 is 15.0 Å². The molecule has 0 atom stereocenters. The van der Waals surface area contributed by atoms with E-state index in [9.17, 15) is 9.59 Å². The monoisotopic (exact) mass is 510 g/mol. The Labute approximate surface area is 212 Å². The lowest BCUT2D eigenvalue weighted by atomic mass is 10.1. The van der Waals surface area contributed by atoms with Crippen LogP contribution in [0.2, 0.25) is 10.0 Å². The van der Waals surface area contributed by atoms with Crippen molar-refractivity contribution in [1.82, 2.24) is 5.32 Å². The molecule has 4 rings (SSSR count). The average Bonchev–Trinajstić information content (AvgIpc) is 2.83. The fraction of sp³-hybridized carbons (Fsp3) is 0.115. The number of aryl methyl sites for hydroxylation is 1. The van der Waals surface area contributed by atoms with Crippen LogP contribution in [0, 0.1) is 0 Å². The standard InChI is InChI=1S/C26H20Cl2N2O3S/c1-2-16-3-8-19(9-4-16)30-25(32)21(24(31)29-26(30)34)13-17-5-10-20(11-6-17)33-15-18-7-12-22(27)23(28)14-18/h3-14H,2,15H2,1H3,(H,29,31,34)/b21-13+. The van der Waals surface area contributed by atoms with Gasteiger partial charge in [-0.1, -0.05) is 60.5 Å². The Kier molecular flexibility index (Phi) is 7.32. The van der Waals surface area contributed by atoms with Crippen molar-refractivity contribution >= 4 is 64.1 Å². The van der Waals surface area contributed by atoms with Gasteiger partial charge in [-0.2, -0.15) is 0 Å². The molecular formula is C26H20Cl2N2O3S. The third kappa shape index (κ3) is 5.30. The molecule has 5 nitrogen and oxygen atoms in total. The number of ether oxygens (including phenoxy) is 1. The summed E-state index contributed by atoms with van der Waals surface area (Å²) in [7, 11) is 0. The maximum Gasteiger partial charge on any atom is 0.270 e. The minimum Gasteiger partial charge on any atom is -0.489 e. The zero-order valence-electron chi connectivity index (χ0n) is 18.2. The minimum atomic E-state index is -0.531. The van der Waals surface area contributed by atoms with Gasteiger partial charge in [0.2, 0.25) is 0 Å². The van der Waals surface area contributed by atoms with E-state index in [1.54, 1.807) is 36.4 Å². The molecule has 172 valence electrons. The van der Waals surface area contributed by atoms with Crippen molar-refractivity contribution in [3.8, 4) is 5.75 Å². The molecule has 0 aliphatic carbocycles. The molecule has 1 aliphatic heterocycles. The zero-order chi connectivity index (χ0) is 24.2. The molecule has 2 amide bonds. The minimum absolute atomic E-state index is 0.00218. The summed E-state index contributed by atoms with van der Waals surface area (Å²) in [6, 6.07) is 19.9. The Morgan fingerprint density at radius 2 is 1.62 bits per heavy atom. The van der Waals surface area contributed by atoms with Gasteiger partial charge in [0.1, 0.15) is 17.9 Å². The third-order valence-corrected chi connectivity index (χ3v) is 6.31. The first-order valence-corrected chi connectivity index (χ1v) is 11.7. The molecular weight excluding hydrogens is 491 g/mol. The highest BCUT2D eigenvalue weighted by Gasteiger charge is 2.34. The van der Waals surface area contributed by atoms with Gasteiger partial charge >= 0.3 is 0 Å². The van der Waals surface area contributed by atoms with Crippen molar-refractivity contribution in [3.63, 3.8) is 0 Å². The van der Waals surface area contributed by atoms with Gasteiger partial charge in [0.05, 0.1) is 15.7 Å². The normalized spacial score (nSPS) is 15.0. The molecule has 1 fully saturated rings. The Morgan fingerprint density at radius 1 is 0.941 bits per heavy atom. The summed E-state index contributed by atoms with van der Waals surface area (Å²) in [5, 5.41) is 3.61. The number of halogens is 2. The second-order valence-electron chi connectivity index (χ2n) is 7.58. The second kappa shape index (κ2) is 10.4. The molecule has 1 saturated heterocycles. The van der Waals surface area contributed by atoms with Gasteiger partial charge in [0.15, 0.2) is 5.11 Å². The number of hydrogen-bond acceptors (Lipinski definition) is 4. The topological polar surface area (TPSA) is 58.6 Å². The molecule has 0 bridgehead atoms. The van der Waals surface area contributed by atoms with Crippen LogP contribution in [0.15, 0.2) is 72.3 Å². The number of anilines is 1. The number of thiocarbonyl (C=S) groups is 1. The maximum absolute atomic E-state index is 13.1. The third-order valence-electron chi connectivity index (χ3n) is 5.29. The van der Waals surface area contributed by atoms with Gasteiger partial charge < -0.3 is 4.74 Å². The van der Waals surface area contributed by atoms with Crippen molar-refractivity contribution in [1.29, 1.82) is 0 Å². The maximum atomic E-state index is 13.1. The molecule has 34 heavy (non-hydrogen) atoms. The molecule has 1 aliphatic rings. The predicted octanol–water partition coefficient (Wildman–Crippen LogP) is 5.97. The largest absolute Gasteiger partial charge is 0.489 e. The molecule has 3 aromatic rings. The molecule has 0 unspecified atom stereocenters. The van der Waals surface area contributed by atoms with E-state index in [0.717, 1.165) is 17.5 Å². The summed E-state index contributed by atoms with van der Waals surface area (Å²) < 4.78 is 5.79. The number of nitrogens with zero attached hydrogens (tertiary/aromatic N) is 1. The number of hydrogen-bond donors (Lipinski definition) is 1. The van der Waals surface area contributed by atoms with E-state index in [1.807, 2.05) is 30.3 Å². The first-order valence-electron chi connectivity index (χ1n) is 10.5. The summed E-state index contributed by atoms with van der Waals surface area (Å²) >= 11 is 17.2. The summed E-state index contributed by atoms with van der Waals surface area (Å²) in [4.78, 5) is 27.0. The van der Waals surface area contributed by atoms with Crippen LogP contribution >= 0.6 is 35.4 Å². The number of nitrogens with one attached hydrogen (secondary N) is 1. The van der Waals surface area contributed by atoms with Crippen LogP contribution in [0.4, 0.5) is 5.69 Å². The highest BCUT2D eigenvalue weighted by molar-refractivity contribution is 7.80. The van der Waals surface area contributed by atoms with Crippen LogP contribution in [-0.2, 0) is 22.6 Å². The number of carbonyl (C=O) groups excluding carboxylic acids is 2. The quantitative estimate of drug-likeness (QED) is 0.252. The van der Waals surface area contributed by atoms with Gasteiger partial charge in [-0.3, -0.25) is 19.8 Å². The number of carbonyl (C=O) groups is 2. The summed E-state index contributed by atoms with van der Waals surface area (Å²) in [5.41, 5.74) is 3.30. The Balaban J connectivity index is 1.50. The van der Waals surface area contributed by atoms with Crippen LogP contribution in [0.1, 0.15) is 23.6 Å². The van der Waals surface area contributed by atoms with Crippen molar-refractivity contribution in [2.24, 2.45) is 0 Å². The van der Waals surface area contributed by atoms with Gasteiger partial charge in [-0.05, 0) is 77.8 Å². The lowest BCUT2D eigenvalue weighted by molar-refractivity contribution is -0.122. The fourth-order valence-electron chi connectivity index (χ4n) is 3.40. The lowest BCUT2D eigenvalue weighted by Crippen LogP contribution is -2.54. The molecule has 1 N–H and O–H groups in total. The predicted molar refractivity (Wildman–Crippen MR) is 139 cm³/mol. The zero-order valence-corrected chi connectivity index (χ0v) is 20.5. The molecule has 0 aromatic heterocycles. The van der Waals surface area contributed by atoms with Crippen LogP contribution in [-0.4, -0.2) is 16.9 Å². The summed E-state index contributed by atoms with van der Waals surface area (Å²) in [6.45, 7) is 2.37. The van der Waals surface area contributed by atoms with E-state index in [-0.39, 0.29) is 10.7 Å². The van der Waals surface area contributed by atoms with Crippen molar-refractivity contribution in [2.75, 3.05) is 4.90 Å². The highest BCUT2D eigenvalue weighted by Crippen LogP contribution is 2.25. The van der Waals surface area contributed by atoms with Crippen LogP contribution in [0.3, 0.4) is 0 Å². The van der Waals surface area contributed by atoms with Crippen LogP contribution in [0.25, 0.3) is 6.08 Å². The SMILES string of the molecule is CCc1ccc(N2C(=O)/C(=C/c3ccc(OCc4ccc(Cl)c(Cl)c4)cc3)C(=O)NC2=S)cc1. The van der Waals surface area contributed by atoms with E-state index in [0.29, 0.717) is 33.7 Å². The first-order chi connectivity index (χ1) is 16.4. The summed E-state index contributed by atoms with van der Waals surface area (Å²) in [6.07, 6.45) is 2.42. The number of amides is 2. The van der Waals surface area contributed by atoms with Gasteiger partial charge in [-0.15, -0.1) is 0 Å². The number of benzene rings is 3. The molecule has 0 radical (unpaired) electrons. The summed E-state index contributed by atoms with van der Waals surface area (Å²) in [5.74, 6) is -0.374. The van der Waals surface area contributed by atoms with Gasteiger partial charge in [0, 0.05) is 0 Å². The van der Waals surface area contributed by atoms with Crippen molar-refractivity contribution in [2.45, 2.75) is 20.0 Å². The first kappa shape index (κ1) is 24.0. The molecule has 0 spiro atoms. The average molecular weight is 511 g/mol. The van der Waals surface area contributed by atoms with Crippen molar-refractivity contribution in [3.05, 3.63) is 99.0 Å². The van der Waals surface area contributed by atoms with E-state index in [1.165, 1.54) is 11.0 Å². The van der Waals surface area contributed by atoms with Gasteiger partial charge in [0.25, 0.3) is 11.8 Å². The highest BCUT2D eigenvalue weighted by atomic mass is 35.5. The molecule has 8 heteroatoms. The van der Waals surface area contributed by atoms with E-state index >= 15 is 0 Å². The molecule has 1 heterocycles. The van der Waals surface area contributed by atoms with Gasteiger partial charge in [-0.25, -0.2) is 0 Å². The van der Waals surface area contributed by atoms with E-state index in [4.69, 9.17) is 40.2 Å². The Morgan fingerprint density at radius 3 is 2.26 bits per heavy atom. The Hall–Kier alpha value is -3.19. The molecule has 3 aromatic carbocycles. The Bertz CT molecular complexity index is 1290.